The summed E-state index contributed by atoms with van der Waals surface area (Å²) in [6, 6.07) is 7.45. The molecule has 1 aromatic heterocycles. The van der Waals surface area contributed by atoms with Gasteiger partial charge in [-0.05, 0) is 6.07 Å². The van der Waals surface area contributed by atoms with Gasteiger partial charge >= 0.3 is 0 Å². The Morgan fingerprint density at radius 3 is 2.91 bits per heavy atom. The van der Waals surface area contributed by atoms with Gasteiger partial charge in [-0.25, -0.2) is 13.1 Å². The van der Waals surface area contributed by atoms with Crippen LogP contribution in [0.5, 0.6) is 0 Å². The number of para-hydroxylation sites is 1. The Kier molecular flexibility index (Phi) is 4.14. The number of nitrogens with two attached hydrogens (primary N) is 1. The molecule has 0 amide bonds. The number of amidine groups is 1. The summed E-state index contributed by atoms with van der Waals surface area (Å²) in [4.78, 5) is 4.64. The number of benzene rings is 1. The number of nitrogens with zero attached hydrogens (tertiary/aromatic N) is 2. The molecule has 1 aliphatic heterocycles. The second kappa shape index (κ2) is 6.07. The van der Waals surface area contributed by atoms with Crippen molar-refractivity contribution in [2.45, 2.75) is 11.4 Å². The van der Waals surface area contributed by atoms with Crippen LogP contribution in [0.25, 0.3) is 10.9 Å². The average Bonchev–Trinajstić information content (AvgIpc) is 3.14. The van der Waals surface area contributed by atoms with Crippen molar-refractivity contribution < 1.29 is 8.42 Å². The normalized spacial score (nSPS) is 15.0. The van der Waals surface area contributed by atoms with Crippen LogP contribution < -0.4 is 15.8 Å². The molecule has 0 radical (unpaired) electrons. The lowest BCUT2D eigenvalue weighted by atomic mass is 10.2. The molecule has 0 unspecified atom stereocenters. The van der Waals surface area contributed by atoms with Crippen LogP contribution in [0.1, 0.15) is 0 Å². The molecule has 118 valence electrons. The minimum atomic E-state index is -3.57. The molecule has 0 saturated carbocycles. The fraction of sp³-hybridized carbons (Fsp3) is 0.357. The summed E-state index contributed by atoms with van der Waals surface area (Å²) in [7, 11) is -3.57. The van der Waals surface area contributed by atoms with Gasteiger partial charge in [-0.15, -0.1) is 0 Å². The molecule has 2 heterocycles. The zero-order chi connectivity index (χ0) is 15.6. The van der Waals surface area contributed by atoms with Gasteiger partial charge in [-0.2, -0.15) is 0 Å². The zero-order valence-electron chi connectivity index (χ0n) is 12.1. The predicted molar refractivity (Wildman–Crippen MR) is 86.5 cm³/mol. The molecular formula is C14H19N5O2S. The average molecular weight is 321 g/mol. The SMILES string of the molecule is NCCNS(=O)(=O)c1cn(CC2=NCCN2)c2ccccc12. The van der Waals surface area contributed by atoms with E-state index >= 15 is 0 Å². The maximum Gasteiger partial charge on any atom is 0.242 e. The summed E-state index contributed by atoms with van der Waals surface area (Å²) in [6.45, 7) is 2.61. The first-order valence-electron chi connectivity index (χ1n) is 7.16. The largest absolute Gasteiger partial charge is 0.370 e. The molecule has 8 heteroatoms. The van der Waals surface area contributed by atoms with Crippen LogP contribution in [0.3, 0.4) is 0 Å². The molecule has 0 aliphatic carbocycles. The number of aliphatic imine (C=N–C) groups is 1. The Morgan fingerprint density at radius 2 is 2.18 bits per heavy atom. The second-order valence-electron chi connectivity index (χ2n) is 5.08. The van der Waals surface area contributed by atoms with Crippen LogP contribution in [0.15, 0.2) is 40.4 Å². The van der Waals surface area contributed by atoms with E-state index in [0.717, 1.165) is 24.4 Å². The Morgan fingerprint density at radius 1 is 1.36 bits per heavy atom. The second-order valence-corrected chi connectivity index (χ2v) is 6.82. The van der Waals surface area contributed by atoms with E-state index in [4.69, 9.17) is 5.73 Å². The third kappa shape index (κ3) is 2.85. The highest BCUT2D eigenvalue weighted by molar-refractivity contribution is 7.89. The van der Waals surface area contributed by atoms with Crippen LogP contribution >= 0.6 is 0 Å². The molecule has 2 aromatic rings. The number of hydrogen-bond donors (Lipinski definition) is 3. The van der Waals surface area contributed by atoms with Gasteiger partial charge in [-0.1, -0.05) is 18.2 Å². The van der Waals surface area contributed by atoms with Crippen molar-refractivity contribution in [1.29, 1.82) is 0 Å². The van der Waals surface area contributed by atoms with Gasteiger partial charge in [-0.3, -0.25) is 4.99 Å². The molecule has 4 N–H and O–H groups in total. The molecule has 1 aromatic carbocycles. The smallest absolute Gasteiger partial charge is 0.242 e. The monoisotopic (exact) mass is 321 g/mol. The molecule has 0 spiro atoms. The van der Waals surface area contributed by atoms with Crippen molar-refractivity contribution in [2.24, 2.45) is 10.7 Å². The Hall–Kier alpha value is -1.90. The van der Waals surface area contributed by atoms with Crippen LogP contribution in [0, 0.1) is 0 Å². The summed E-state index contributed by atoms with van der Waals surface area (Å²) in [6.07, 6.45) is 1.66. The summed E-state index contributed by atoms with van der Waals surface area (Å²) in [5.41, 5.74) is 6.25. The fourth-order valence-corrected chi connectivity index (χ4v) is 3.81. The van der Waals surface area contributed by atoms with Crippen LogP contribution in [0.4, 0.5) is 0 Å². The lowest BCUT2D eigenvalue weighted by molar-refractivity contribution is 0.582. The Labute approximate surface area is 129 Å². The van der Waals surface area contributed by atoms with Crippen molar-refractivity contribution in [1.82, 2.24) is 14.6 Å². The summed E-state index contributed by atoms with van der Waals surface area (Å²) < 4.78 is 29.3. The molecule has 0 fully saturated rings. The minimum absolute atomic E-state index is 0.218. The molecule has 0 bridgehead atoms. The number of fused-ring (bicyclic) bond motifs is 1. The van der Waals surface area contributed by atoms with E-state index in [0.29, 0.717) is 11.9 Å². The molecule has 0 atom stereocenters. The summed E-state index contributed by atoms with van der Waals surface area (Å²) >= 11 is 0. The maximum atomic E-state index is 12.4. The first kappa shape index (κ1) is 15.0. The molecule has 0 saturated heterocycles. The van der Waals surface area contributed by atoms with Crippen molar-refractivity contribution in [2.75, 3.05) is 26.2 Å². The van der Waals surface area contributed by atoms with E-state index in [1.54, 1.807) is 6.20 Å². The highest BCUT2D eigenvalue weighted by Crippen LogP contribution is 2.25. The topological polar surface area (TPSA) is 102 Å². The highest BCUT2D eigenvalue weighted by atomic mass is 32.2. The molecule has 1 aliphatic rings. The number of aromatic nitrogens is 1. The number of sulfonamides is 1. The van der Waals surface area contributed by atoms with Crippen LogP contribution in [-0.2, 0) is 16.6 Å². The van der Waals surface area contributed by atoms with Gasteiger partial charge in [0.2, 0.25) is 10.0 Å². The van der Waals surface area contributed by atoms with Crippen LogP contribution in [-0.4, -0.2) is 45.0 Å². The Bertz CT molecular complexity index is 810. The predicted octanol–water partition coefficient (Wildman–Crippen LogP) is -0.120. The van der Waals surface area contributed by atoms with Crippen LogP contribution in [0.2, 0.25) is 0 Å². The molecule has 3 rings (SSSR count). The van der Waals surface area contributed by atoms with E-state index in [1.807, 2.05) is 28.8 Å². The summed E-state index contributed by atoms with van der Waals surface area (Å²) in [5, 5.41) is 3.90. The van der Waals surface area contributed by atoms with Gasteiger partial charge in [0.25, 0.3) is 0 Å². The van der Waals surface area contributed by atoms with Gasteiger partial charge < -0.3 is 15.6 Å². The molecule has 22 heavy (non-hydrogen) atoms. The number of rotatable bonds is 6. The van der Waals surface area contributed by atoms with Gasteiger partial charge in [0.1, 0.15) is 10.7 Å². The lowest BCUT2D eigenvalue weighted by Crippen LogP contribution is -2.29. The number of hydrogen-bond acceptors (Lipinski definition) is 5. The minimum Gasteiger partial charge on any atom is -0.370 e. The van der Waals surface area contributed by atoms with E-state index < -0.39 is 10.0 Å². The molecule has 7 nitrogen and oxygen atoms in total. The first-order valence-corrected chi connectivity index (χ1v) is 8.65. The highest BCUT2D eigenvalue weighted by Gasteiger charge is 2.21. The number of nitrogens with one attached hydrogen (secondary N) is 2. The Balaban J connectivity index is 2.04. The first-order chi connectivity index (χ1) is 10.6. The van der Waals surface area contributed by atoms with Gasteiger partial charge in [0.05, 0.1) is 13.1 Å². The molecular weight excluding hydrogens is 302 g/mol. The van der Waals surface area contributed by atoms with Crippen molar-refractivity contribution >= 4 is 26.8 Å². The van der Waals surface area contributed by atoms with E-state index in [-0.39, 0.29) is 18.0 Å². The van der Waals surface area contributed by atoms with E-state index in [9.17, 15) is 8.42 Å². The van der Waals surface area contributed by atoms with E-state index in [1.165, 1.54) is 0 Å². The van der Waals surface area contributed by atoms with Gasteiger partial charge in [0.15, 0.2) is 0 Å². The fourth-order valence-electron chi connectivity index (χ4n) is 2.54. The maximum absolute atomic E-state index is 12.4. The van der Waals surface area contributed by atoms with Gasteiger partial charge in [0, 0.05) is 36.7 Å². The third-order valence-electron chi connectivity index (χ3n) is 3.54. The summed E-state index contributed by atoms with van der Waals surface area (Å²) in [5.74, 6) is 0.875. The van der Waals surface area contributed by atoms with E-state index in [2.05, 4.69) is 15.0 Å². The standard InChI is InChI=1S/C14H19N5O2S/c15-5-6-18-22(20,21)13-9-19(10-14-16-7-8-17-14)12-4-2-1-3-11(12)13/h1-4,9,18H,5-8,10,15H2,(H,16,17). The lowest BCUT2D eigenvalue weighted by Gasteiger charge is -2.05. The van der Waals surface area contributed by atoms with Crippen molar-refractivity contribution in [3.8, 4) is 0 Å². The van der Waals surface area contributed by atoms with Crippen molar-refractivity contribution in [3.05, 3.63) is 30.5 Å². The quantitative estimate of drug-likeness (QED) is 0.690. The third-order valence-corrected chi connectivity index (χ3v) is 5.03. The zero-order valence-corrected chi connectivity index (χ0v) is 12.9. The van der Waals surface area contributed by atoms with Crippen molar-refractivity contribution in [3.63, 3.8) is 0 Å².